The fourth-order valence-electron chi connectivity index (χ4n) is 2.89. The number of likely N-dealkylation sites (tertiary alicyclic amines) is 1. The maximum atomic E-state index is 12.3. The Morgan fingerprint density at radius 3 is 2.80 bits per heavy atom. The second-order valence-electron chi connectivity index (χ2n) is 7.30. The number of thiophene rings is 1. The van der Waals surface area contributed by atoms with E-state index in [2.05, 4.69) is 10.1 Å². The molecule has 0 spiro atoms. The zero-order chi connectivity index (χ0) is 17.9. The number of amides is 1. The first-order valence-electron chi connectivity index (χ1n) is 8.71. The summed E-state index contributed by atoms with van der Waals surface area (Å²) in [5, 5.41) is 6.08. The molecule has 3 heterocycles. The number of carbonyl (C=O) groups is 1. The van der Waals surface area contributed by atoms with Gasteiger partial charge in [-0.2, -0.15) is 4.98 Å². The molecule has 25 heavy (non-hydrogen) atoms. The molecule has 3 rings (SSSR count). The first-order valence-corrected chi connectivity index (χ1v) is 9.59. The van der Waals surface area contributed by atoms with Crippen LogP contribution in [0.4, 0.5) is 0 Å². The molecule has 0 saturated carbocycles. The summed E-state index contributed by atoms with van der Waals surface area (Å²) in [6.07, 6.45) is 2.15. The lowest BCUT2D eigenvalue weighted by molar-refractivity contribution is -0.134. The van der Waals surface area contributed by atoms with Crippen LogP contribution in [0.5, 0.6) is 0 Å². The summed E-state index contributed by atoms with van der Waals surface area (Å²) < 4.78 is 11.1. The van der Waals surface area contributed by atoms with Crippen LogP contribution in [0, 0.1) is 0 Å². The smallest absolute Gasteiger partial charge is 0.230 e. The van der Waals surface area contributed by atoms with Gasteiger partial charge in [0.1, 0.15) is 0 Å². The van der Waals surface area contributed by atoms with Gasteiger partial charge in [-0.25, -0.2) is 0 Å². The van der Waals surface area contributed by atoms with Crippen LogP contribution in [-0.4, -0.2) is 46.2 Å². The highest BCUT2D eigenvalue weighted by Gasteiger charge is 2.27. The van der Waals surface area contributed by atoms with Crippen LogP contribution in [0.2, 0.25) is 0 Å². The van der Waals surface area contributed by atoms with E-state index in [9.17, 15) is 4.79 Å². The number of ether oxygens (including phenoxy) is 1. The minimum absolute atomic E-state index is 0.160. The largest absolute Gasteiger partial charge is 0.375 e. The quantitative estimate of drug-likeness (QED) is 0.810. The summed E-state index contributed by atoms with van der Waals surface area (Å²) >= 11 is 1.60. The molecule has 0 atom stereocenters. The Balaban J connectivity index is 1.48. The molecule has 7 heteroatoms. The van der Waals surface area contributed by atoms with Crippen molar-refractivity contribution < 1.29 is 14.1 Å². The van der Waals surface area contributed by atoms with Gasteiger partial charge in [-0.3, -0.25) is 4.79 Å². The highest BCUT2D eigenvalue weighted by molar-refractivity contribution is 7.13. The molecule has 0 aromatic carbocycles. The van der Waals surface area contributed by atoms with Gasteiger partial charge >= 0.3 is 0 Å². The summed E-state index contributed by atoms with van der Waals surface area (Å²) in [6, 6.07) is 3.96. The Morgan fingerprint density at radius 2 is 2.16 bits per heavy atom. The van der Waals surface area contributed by atoms with Crippen molar-refractivity contribution >= 4 is 17.2 Å². The van der Waals surface area contributed by atoms with Crippen LogP contribution in [0.25, 0.3) is 10.7 Å². The molecule has 0 aliphatic carbocycles. The molecule has 2 aromatic rings. The molecule has 1 amide bonds. The highest BCUT2D eigenvalue weighted by atomic mass is 32.1. The zero-order valence-electron chi connectivity index (χ0n) is 15.0. The van der Waals surface area contributed by atoms with E-state index in [1.165, 1.54) is 0 Å². The van der Waals surface area contributed by atoms with Gasteiger partial charge in [0.15, 0.2) is 0 Å². The van der Waals surface area contributed by atoms with Crippen molar-refractivity contribution in [3.8, 4) is 10.7 Å². The molecule has 1 saturated heterocycles. The Bertz CT molecular complexity index is 683. The number of aromatic nitrogens is 2. The molecule has 0 radical (unpaired) electrons. The fourth-order valence-corrected chi connectivity index (χ4v) is 3.53. The van der Waals surface area contributed by atoms with Gasteiger partial charge in [-0.1, -0.05) is 11.2 Å². The van der Waals surface area contributed by atoms with E-state index in [0.29, 0.717) is 24.7 Å². The van der Waals surface area contributed by atoms with E-state index in [4.69, 9.17) is 9.26 Å². The van der Waals surface area contributed by atoms with Gasteiger partial charge in [-0.05, 0) is 45.1 Å². The summed E-state index contributed by atoms with van der Waals surface area (Å²) in [5.74, 6) is 1.73. The fraction of sp³-hybridized carbons (Fsp3) is 0.611. The van der Waals surface area contributed by atoms with E-state index in [1.54, 1.807) is 11.3 Å². The van der Waals surface area contributed by atoms with Crippen molar-refractivity contribution in [2.45, 2.75) is 51.6 Å². The SMILES string of the molecule is CC(C)(C)OCCC(=O)N1CCC(c2nc(-c3cccs3)no2)CC1. The molecule has 0 N–H and O–H groups in total. The number of hydrogen-bond acceptors (Lipinski definition) is 6. The number of hydrogen-bond donors (Lipinski definition) is 0. The van der Waals surface area contributed by atoms with Gasteiger partial charge in [0.25, 0.3) is 0 Å². The minimum Gasteiger partial charge on any atom is -0.375 e. The second-order valence-corrected chi connectivity index (χ2v) is 8.25. The van der Waals surface area contributed by atoms with Crippen molar-refractivity contribution in [3.63, 3.8) is 0 Å². The van der Waals surface area contributed by atoms with Crippen LogP contribution in [-0.2, 0) is 9.53 Å². The van der Waals surface area contributed by atoms with Crippen molar-refractivity contribution in [1.29, 1.82) is 0 Å². The molecule has 6 nitrogen and oxygen atoms in total. The number of nitrogens with zero attached hydrogens (tertiary/aromatic N) is 3. The standard InChI is InChI=1S/C18H25N3O3S/c1-18(2,3)23-11-8-15(22)21-9-6-13(7-10-21)17-19-16(20-24-17)14-5-4-12-25-14/h4-5,12-13H,6-11H2,1-3H3. The molecule has 136 valence electrons. The van der Waals surface area contributed by atoms with Crippen molar-refractivity contribution in [2.24, 2.45) is 0 Å². The van der Waals surface area contributed by atoms with Crippen LogP contribution in [0.15, 0.2) is 22.0 Å². The van der Waals surface area contributed by atoms with E-state index in [-0.39, 0.29) is 17.4 Å². The predicted octanol–water partition coefficient (Wildman–Crippen LogP) is 3.71. The van der Waals surface area contributed by atoms with Gasteiger partial charge in [0.2, 0.25) is 17.6 Å². The first-order chi connectivity index (χ1) is 11.9. The molecule has 0 unspecified atom stereocenters. The normalized spacial score (nSPS) is 16.4. The third-order valence-corrected chi connectivity index (χ3v) is 5.10. The van der Waals surface area contributed by atoms with Crippen LogP contribution in [0.3, 0.4) is 0 Å². The first kappa shape index (κ1) is 18.1. The number of carbonyl (C=O) groups excluding carboxylic acids is 1. The monoisotopic (exact) mass is 363 g/mol. The third kappa shape index (κ3) is 4.89. The topological polar surface area (TPSA) is 68.5 Å². The van der Waals surface area contributed by atoms with Crippen molar-refractivity contribution in [2.75, 3.05) is 19.7 Å². The molecule has 1 aliphatic heterocycles. The molecule has 2 aromatic heterocycles. The van der Waals surface area contributed by atoms with Gasteiger partial charge in [0.05, 0.1) is 23.5 Å². The number of piperidine rings is 1. The average Bonchev–Trinajstić information content (AvgIpc) is 3.25. The van der Waals surface area contributed by atoms with E-state index < -0.39 is 0 Å². The number of rotatable bonds is 5. The Morgan fingerprint density at radius 1 is 1.40 bits per heavy atom. The van der Waals surface area contributed by atoms with Crippen molar-refractivity contribution in [3.05, 3.63) is 23.4 Å². The molecular formula is C18H25N3O3S. The molecule has 1 fully saturated rings. The predicted molar refractivity (Wildman–Crippen MR) is 96.5 cm³/mol. The minimum atomic E-state index is -0.203. The molecule has 1 aliphatic rings. The van der Waals surface area contributed by atoms with Gasteiger partial charge < -0.3 is 14.2 Å². The lowest BCUT2D eigenvalue weighted by atomic mass is 9.96. The average molecular weight is 363 g/mol. The lowest BCUT2D eigenvalue weighted by Crippen LogP contribution is -2.38. The molecular weight excluding hydrogens is 338 g/mol. The maximum Gasteiger partial charge on any atom is 0.230 e. The Hall–Kier alpha value is -1.73. The maximum absolute atomic E-state index is 12.3. The van der Waals surface area contributed by atoms with Gasteiger partial charge in [0, 0.05) is 19.0 Å². The van der Waals surface area contributed by atoms with E-state index >= 15 is 0 Å². The molecule has 0 bridgehead atoms. The summed E-state index contributed by atoms with van der Waals surface area (Å²) in [4.78, 5) is 19.7. The Kier molecular flexibility index (Phi) is 5.54. The van der Waals surface area contributed by atoms with Crippen LogP contribution >= 0.6 is 11.3 Å². The van der Waals surface area contributed by atoms with Crippen molar-refractivity contribution in [1.82, 2.24) is 15.0 Å². The lowest BCUT2D eigenvalue weighted by Gasteiger charge is -2.30. The van der Waals surface area contributed by atoms with Crippen LogP contribution < -0.4 is 0 Å². The highest BCUT2D eigenvalue weighted by Crippen LogP contribution is 2.29. The summed E-state index contributed by atoms with van der Waals surface area (Å²) in [5.41, 5.74) is -0.203. The summed E-state index contributed by atoms with van der Waals surface area (Å²) in [6.45, 7) is 7.93. The summed E-state index contributed by atoms with van der Waals surface area (Å²) in [7, 11) is 0. The second kappa shape index (κ2) is 7.66. The third-order valence-electron chi connectivity index (χ3n) is 4.23. The van der Waals surface area contributed by atoms with E-state index in [0.717, 1.165) is 30.8 Å². The van der Waals surface area contributed by atoms with E-state index in [1.807, 2.05) is 43.2 Å². The zero-order valence-corrected chi connectivity index (χ0v) is 15.8. The van der Waals surface area contributed by atoms with Crippen LogP contribution in [0.1, 0.15) is 51.8 Å². The Labute approximate surface area is 152 Å². The van der Waals surface area contributed by atoms with Gasteiger partial charge in [-0.15, -0.1) is 11.3 Å².